The number of carbonyl (C=O) groups is 2. The van der Waals surface area contributed by atoms with Gasteiger partial charge in [0.2, 0.25) is 0 Å². The van der Waals surface area contributed by atoms with E-state index in [9.17, 15) is 14.7 Å². The van der Waals surface area contributed by atoms with Crippen LogP contribution in [-0.2, 0) is 9.59 Å². The fourth-order valence-electron chi connectivity index (χ4n) is 1.42. The zero-order valence-electron chi connectivity index (χ0n) is 8.92. The summed E-state index contributed by atoms with van der Waals surface area (Å²) < 4.78 is 0. The molecule has 14 heavy (non-hydrogen) atoms. The van der Waals surface area contributed by atoms with Crippen LogP contribution in [0.2, 0.25) is 0 Å². The number of aliphatic hydroxyl groups is 1. The molecule has 0 aliphatic carbocycles. The maximum absolute atomic E-state index is 11.6. The van der Waals surface area contributed by atoms with Crippen LogP contribution < -0.4 is 0 Å². The van der Waals surface area contributed by atoms with Crippen molar-refractivity contribution in [2.24, 2.45) is 0 Å². The van der Waals surface area contributed by atoms with Crippen LogP contribution in [0.5, 0.6) is 0 Å². The Hall–Kier alpha value is -1.32. The minimum atomic E-state index is -0.767. The summed E-state index contributed by atoms with van der Waals surface area (Å²) in [7, 11) is 1.58. The Bertz CT molecular complexity index is 328. The Labute approximate surface area is 83.2 Å². The van der Waals surface area contributed by atoms with Gasteiger partial charge in [-0.3, -0.25) is 9.59 Å². The molecule has 0 radical (unpaired) electrons. The van der Waals surface area contributed by atoms with E-state index >= 15 is 0 Å². The van der Waals surface area contributed by atoms with Gasteiger partial charge in [0.05, 0.1) is 5.54 Å². The molecule has 1 rings (SSSR count). The lowest BCUT2D eigenvalue weighted by Crippen LogP contribution is -2.40. The first-order valence-electron chi connectivity index (χ1n) is 4.59. The molecule has 0 saturated heterocycles. The maximum Gasteiger partial charge on any atom is 0.261 e. The summed E-state index contributed by atoms with van der Waals surface area (Å²) >= 11 is 0. The van der Waals surface area contributed by atoms with Crippen molar-refractivity contribution in [3.63, 3.8) is 0 Å². The summed E-state index contributed by atoms with van der Waals surface area (Å²) in [4.78, 5) is 24.4. The van der Waals surface area contributed by atoms with Gasteiger partial charge >= 0.3 is 0 Å². The topological polar surface area (TPSA) is 57.6 Å². The summed E-state index contributed by atoms with van der Waals surface area (Å²) in [5, 5.41) is 9.76. The predicted octanol–water partition coefficient (Wildman–Crippen LogP) is 1.03. The Kier molecular flexibility index (Phi) is 2.39. The van der Waals surface area contributed by atoms with Gasteiger partial charge in [-0.15, -0.1) is 0 Å². The van der Waals surface area contributed by atoms with E-state index in [1.165, 1.54) is 4.90 Å². The zero-order chi connectivity index (χ0) is 11.1. The van der Waals surface area contributed by atoms with Gasteiger partial charge in [0.1, 0.15) is 11.3 Å². The second-order valence-corrected chi connectivity index (χ2v) is 3.92. The largest absolute Gasteiger partial charge is 0.509 e. The molecule has 0 atom stereocenters. The van der Waals surface area contributed by atoms with Crippen LogP contribution >= 0.6 is 0 Å². The third-order valence-corrected chi connectivity index (χ3v) is 2.77. The van der Waals surface area contributed by atoms with Crippen LogP contribution in [0.3, 0.4) is 0 Å². The minimum Gasteiger partial charge on any atom is -0.509 e. The standard InChI is InChI=1S/C10H15NO3/c1-5-6(12)7-8(13)10(2,3)11(4)9(7)14/h13H,5H2,1-4H3. The lowest BCUT2D eigenvalue weighted by Gasteiger charge is -2.27. The highest BCUT2D eigenvalue weighted by Gasteiger charge is 2.45. The van der Waals surface area contributed by atoms with Crippen molar-refractivity contribution in [3.05, 3.63) is 11.3 Å². The lowest BCUT2D eigenvalue weighted by molar-refractivity contribution is -0.129. The summed E-state index contributed by atoms with van der Waals surface area (Å²) in [6, 6.07) is 0. The van der Waals surface area contributed by atoms with Gasteiger partial charge in [-0.25, -0.2) is 0 Å². The number of rotatable bonds is 2. The number of nitrogens with zero attached hydrogens (tertiary/aromatic N) is 1. The van der Waals surface area contributed by atoms with Crippen molar-refractivity contribution in [2.75, 3.05) is 7.05 Å². The second-order valence-electron chi connectivity index (χ2n) is 3.92. The molecule has 0 saturated carbocycles. The Morgan fingerprint density at radius 3 is 2.29 bits per heavy atom. The van der Waals surface area contributed by atoms with Crippen molar-refractivity contribution < 1.29 is 14.7 Å². The van der Waals surface area contributed by atoms with Gasteiger partial charge in [0.25, 0.3) is 5.91 Å². The summed E-state index contributed by atoms with van der Waals surface area (Å²) in [6.07, 6.45) is 0.231. The molecular weight excluding hydrogens is 182 g/mol. The van der Waals surface area contributed by atoms with E-state index in [-0.39, 0.29) is 29.4 Å². The first-order valence-corrected chi connectivity index (χ1v) is 4.59. The third-order valence-electron chi connectivity index (χ3n) is 2.77. The van der Waals surface area contributed by atoms with Crippen LogP contribution in [0.1, 0.15) is 27.2 Å². The molecule has 1 amide bonds. The van der Waals surface area contributed by atoms with Gasteiger partial charge in [-0.2, -0.15) is 0 Å². The second kappa shape index (κ2) is 3.12. The molecule has 1 aliphatic rings. The van der Waals surface area contributed by atoms with Crippen LogP contribution in [-0.4, -0.2) is 34.3 Å². The monoisotopic (exact) mass is 197 g/mol. The Morgan fingerprint density at radius 1 is 1.50 bits per heavy atom. The number of ketones is 1. The highest BCUT2D eigenvalue weighted by molar-refractivity contribution is 6.21. The summed E-state index contributed by atoms with van der Waals surface area (Å²) in [5.41, 5.74) is -0.822. The fourth-order valence-corrected chi connectivity index (χ4v) is 1.42. The molecule has 0 bridgehead atoms. The molecule has 1 aliphatic heterocycles. The van der Waals surface area contributed by atoms with Crippen LogP contribution in [0.25, 0.3) is 0 Å². The Balaban J connectivity index is 3.23. The summed E-state index contributed by atoms with van der Waals surface area (Å²) in [6.45, 7) is 5.08. The van der Waals surface area contributed by atoms with Crippen molar-refractivity contribution in [3.8, 4) is 0 Å². The van der Waals surface area contributed by atoms with E-state index in [1.807, 2.05) is 0 Å². The number of carbonyl (C=O) groups excluding carboxylic acids is 2. The predicted molar refractivity (Wildman–Crippen MR) is 51.8 cm³/mol. The van der Waals surface area contributed by atoms with Gasteiger partial charge in [0, 0.05) is 13.5 Å². The van der Waals surface area contributed by atoms with Crippen LogP contribution in [0.4, 0.5) is 0 Å². The fraction of sp³-hybridized carbons (Fsp3) is 0.600. The first-order chi connectivity index (χ1) is 6.34. The van der Waals surface area contributed by atoms with Crippen molar-refractivity contribution in [1.29, 1.82) is 0 Å². The lowest BCUT2D eigenvalue weighted by atomic mass is 10.0. The number of hydrogen-bond acceptors (Lipinski definition) is 3. The van der Waals surface area contributed by atoms with E-state index in [1.54, 1.807) is 27.8 Å². The molecule has 0 aromatic carbocycles. The highest BCUT2D eigenvalue weighted by Crippen LogP contribution is 2.32. The molecule has 0 aromatic heterocycles. The Morgan fingerprint density at radius 2 is 2.00 bits per heavy atom. The average Bonchev–Trinajstić information content (AvgIpc) is 2.28. The molecule has 0 unspecified atom stereocenters. The van der Waals surface area contributed by atoms with Gasteiger partial charge in [0.15, 0.2) is 5.78 Å². The molecule has 4 heteroatoms. The molecule has 4 nitrogen and oxygen atoms in total. The molecule has 1 N–H and O–H groups in total. The van der Waals surface area contributed by atoms with Crippen LogP contribution in [0.15, 0.2) is 11.3 Å². The number of likely N-dealkylation sites (N-methyl/N-ethyl adjacent to an activating group) is 1. The van der Waals surface area contributed by atoms with Crippen LogP contribution in [0, 0.1) is 0 Å². The number of hydrogen-bond donors (Lipinski definition) is 1. The van der Waals surface area contributed by atoms with Gasteiger partial charge in [-0.05, 0) is 13.8 Å². The molecular formula is C10H15NO3. The first kappa shape index (κ1) is 10.8. The normalized spacial score (nSPS) is 20.6. The van der Waals surface area contributed by atoms with Gasteiger partial charge in [-0.1, -0.05) is 6.92 Å². The number of Topliss-reactive ketones (excluding diaryl/α,β-unsaturated/α-hetero) is 1. The SMILES string of the molecule is CCC(=O)C1=C(O)C(C)(C)N(C)C1=O. The van der Waals surface area contributed by atoms with Crippen molar-refractivity contribution in [2.45, 2.75) is 32.7 Å². The number of amides is 1. The van der Waals surface area contributed by atoms with E-state index in [4.69, 9.17) is 0 Å². The minimum absolute atomic E-state index is 0.0556. The van der Waals surface area contributed by atoms with Crippen molar-refractivity contribution >= 4 is 11.7 Å². The zero-order valence-corrected chi connectivity index (χ0v) is 8.92. The molecule has 0 spiro atoms. The maximum atomic E-state index is 11.6. The molecule has 78 valence electrons. The van der Waals surface area contributed by atoms with Gasteiger partial charge < -0.3 is 10.0 Å². The number of aliphatic hydroxyl groups excluding tert-OH is 1. The quantitative estimate of drug-likeness (QED) is 0.672. The molecule has 0 aromatic rings. The van der Waals surface area contributed by atoms with E-state index in [0.29, 0.717) is 0 Å². The molecule has 1 heterocycles. The average molecular weight is 197 g/mol. The molecule has 0 fully saturated rings. The third kappa shape index (κ3) is 1.22. The van der Waals surface area contributed by atoms with Crippen molar-refractivity contribution in [1.82, 2.24) is 4.90 Å². The van der Waals surface area contributed by atoms with E-state index in [2.05, 4.69) is 0 Å². The smallest absolute Gasteiger partial charge is 0.261 e. The van der Waals surface area contributed by atoms with E-state index < -0.39 is 5.54 Å². The van der Waals surface area contributed by atoms with E-state index in [0.717, 1.165) is 0 Å². The summed E-state index contributed by atoms with van der Waals surface area (Å²) in [5.74, 6) is -0.805. The highest BCUT2D eigenvalue weighted by atomic mass is 16.3.